The maximum Gasteiger partial charge on any atom is 0.246 e. The number of carbonyl (C=O) groups is 1. The predicted octanol–water partition coefficient (Wildman–Crippen LogP) is 1.37. The molecule has 2 atom stereocenters. The molecule has 1 amide bonds. The van der Waals surface area contributed by atoms with E-state index in [4.69, 9.17) is 0 Å². The van der Waals surface area contributed by atoms with Crippen molar-refractivity contribution in [2.24, 2.45) is 18.9 Å². The van der Waals surface area contributed by atoms with Crippen LogP contribution in [0.3, 0.4) is 0 Å². The summed E-state index contributed by atoms with van der Waals surface area (Å²) in [5.41, 5.74) is 0.612. The van der Waals surface area contributed by atoms with Crippen LogP contribution >= 0.6 is 0 Å². The van der Waals surface area contributed by atoms with Crippen LogP contribution in [0.4, 0.5) is 0 Å². The number of likely N-dealkylation sites (tertiary alicyclic amines) is 1. The maximum atomic E-state index is 13.0. The minimum absolute atomic E-state index is 0.0364. The molecule has 3 heterocycles. The number of sulfonamides is 1. The van der Waals surface area contributed by atoms with Gasteiger partial charge in [-0.25, -0.2) is 8.42 Å². The van der Waals surface area contributed by atoms with Gasteiger partial charge >= 0.3 is 0 Å². The second kappa shape index (κ2) is 9.14. The van der Waals surface area contributed by atoms with Gasteiger partial charge in [-0.05, 0) is 58.5 Å². The van der Waals surface area contributed by atoms with Gasteiger partial charge in [0.1, 0.15) is 4.90 Å². The van der Waals surface area contributed by atoms with E-state index in [9.17, 15) is 13.2 Å². The number of piperidine rings is 2. The van der Waals surface area contributed by atoms with Crippen LogP contribution in [-0.2, 0) is 21.9 Å². The highest BCUT2D eigenvalue weighted by Crippen LogP contribution is 2.25. The lowest BCUT2D eigenvalue weighted by Crippen LogP contribution is -2.49. The van der Waals surface area contributed by atoms with E-state index in [1.54, 1.807) is 18.7 Å². The molecular formula is C20H35N5O3S. The zero-order chi connectivity index (χ0) is 21.2. The zero-order valence-electron chi connectivity index (χ0n) is 18.1. The van der Waals surface area contributed by atoms with E-state index in [2.05, 4.69) is 22.2 Å². The highest BCUT2D eigenvalue weighted by Gasteiger charge is 2.35. The molecule has 0 aromatic carbocycles. The Morgan fingerprint density at radius 2 is 1.97 bits per heavy atom. The van der Waals surface area contributed by atoms with Crippen LogP contribution in [-0.4, -0.2) is 72.1 Å². The second-order valence-electron chi connectivity index (χ2n) is 8.81. The lowest BCUT2D eigenvalue weighted by Gasteiger charge is -2.34. The summed E-state index contributed by atoms with van der Waals surface area (Å²) in [5.74, 6) is 0.444. The summed E-state index contributed by atoms with van der Waals surface area (Å²) in [6.45, 7) is 9.77. The summed E-state index contributed by atoms with van der Waals surface area (Å²) < 4.78 is 29.1. The van der Waals surface area contributed by atoms with Crippen molar-refractivity contribution in [3.8, 4) is 0 Å². The molecule has 0 bridgehead atoms. The standard InChI is InChI=1S/C20H35N5O3S/c1-15-7-10-24(11-8-15)13-16(2)22-20(26)18-6-5-9-25(14-18)29(27,28)19-12-21-23(4)17(19)3/h12,15-16,18H,5-11,13-14H2,1-4H3,(H,22,26)/t16-,18+/m0/s1. The second-order valence-corrected chi connectivity index (χ2v) is 10.7. The van der Waals surface area contributed by atoms with Crippen LogP contribution in [0, 0.1) is 18.8 Å². The minimum Gasteiger partial charge on any atom is -0.352 e. The fourth-order valence-electron chi connectivity index (χ4n) is 4.28. The number of aromatic nitrogens is 2. The van der Waals surface area contributed by atoms with Gasteiger partial charge in [-0.2, -0.15) is 9.40 Å². The van der Waals surface area contributed by atoms with Crippen LogP contribution in [0.2, 0.25) is 0 Å². The third-order valence-electron chi connectivity index (χ3n) is 6.36. The first kappa shape index (κ1) is 22.2. The molecule has 0 aliphatic carbocycles. The number of hydrogen-bond donors (Lipinski definition) is 1. The molecule has 9 heteroatoms. The molecule has 0 unspecified atom stereocenters. The SMILES string of the molecule is Cc1c(S(=O)(=O)N2CCC[C@@H](C(=O)N[C@@H](C)CN3CCC(C)CC3)C2)cnn1C. The quantitative estimate of drug-likeness (QED) is 0.744. The summed E-state index contributed by atoms with van der Waals surface area (Å²) >= 11 is 0. The fraction of sp³-hybridized carbons (Fsp3) is 0.800. The van der Waals surface area contributed by atoms with Crippen molar-refractivity contribution in [2.75, 3.05) is 32.7 Å². The number of nitrogens with zero attached hydrogens (tertiary/aromatic N) is 4. The van der Waals surface area contributed by atoms with Crippen molar-refractivity contribution < 1.29 is 13.2 Å². The van der Waals surface area contributed by atoms with Gasteiger partial charge in [0.15, 0.2) is 0 Å². The van der Waals surface area contributed by atoms with Gasteiger partial charge in [0, 0.05) is 32.7 Å². The number of rotatable bonds is 6. The Bertz CT molecular complexity index is 814. The van der Waals surface area contributed by atoms with E-state index in [1.165, 1.54) is 23.3 Å². The van der Waals surface area contributed by atoms with Gasteiger partial charge in [-0.3, -0.25) is 9.48 Å². The average Bonchev–Trinajstić information content (AvgIpc) is 3.03. The lowest BCUT2D eigenvalue weighted by molar-refractivity contribution is -0.126. The molecule has 0 spiro atoms. The first-order valence-corrected chi connectivity index (χ1v) is 12.1. The smallest absolute Gasteiger partial charge is 0.246 e. The number of hydrogen-bond acceptors (Lipinski definition) is 5. The molecule has 29 heavy (non-hydrogen) atoms. The van der Waals surface area contributed by atoms with Crippen molar-refractivity contribution in [3.63, 3.8) is 0 Å². The lowest BCUT2D eigenvalue weighted by atomic mass is 9.98. The Kier molecular flexibility index (Phi) is 7.01. The Balaban J connectivity index is 1.57. The molecule has 164 valence electrons. The van der Waals surface area contributed by atoms with Crippen molar-refractivity contribution >= 4 is 15.9 Å². The number of carbonyl (C=O) groups excluding carboxylic acids is 1. The van der Waals surface area contributed by atoms with Gasteiger partial charge in [-0.15, -0.1) is 0 Å². The Morgan fingerprint density at radius 3 is 2.59 bits per heavy atom. The summed E-state index contributed by atoms with van der Waals surface area (Å²) in [6, 6.07) is 0.0588. The van der Waals surface area contributed by atoms with E-state index in [-0.39, 0.29) is 29.3 Å². The molecule has 0 radical (unpaired) electrons. The van der Waals surface area contributed by atoms with Crippen LogP contribution in [0.15, 0.2) is 11.1 Å². The fourth-order valence-corrected chi connectivity index (χ4v) is 5.99. The van der Waals surface area contributed by atoms with Crippen LogP contribution in [0.5, 0.6) is 0 Å². The highest BCUT2D eigenvalue weighted by atomic mass is 32.2. The molecule has 1 aromatic rings. The highest BCUT2D eigenvalue weighted by molar-refractivity contribution is 7.89. The maximum absolute atomic E-state index is 13.0. The monoisotopic (exact) mass is 425 g/mol. The third-order valence-corrected chi connectivity index (χ3v) is 8.33. The molecule has 8 nitrogen and oxygen atoms in total. The summed E-state index contributed by atoms with van der Waals surface area (Å²) in [7, 11) is -1.91. The van der Waals surface area contributed by atoms with E-state index < -0.39 is 10.0 Å². The predicted molar refractivity (Wildman–Crippen MR) is 112 cm³/mol. The molecule has 2 saturated heterocycles. The summed E-state index contributed by atoms with van der Waals surface area (Å²) in [4.78, 5) is 15.5. The topological polar surface area (TPSA) is 87.5 Å². The molecule has 2 aliphatic rings. The first-order valence-electron chi connectivity index (χ1n) is 10.7. The Morgan fingerprint density at radius 1 is 1.28 bits per heavy atom. The molecule has 2 fully saturated rings. The van der Waals surface area contributed by atoms with E-state index in [0.717, 1.165) is 32.0 Å². The third kappa shape index (κ3) is 5.19. The van der Waals surface area contributed by atoms with Gasteiger partial charge < -0.3 is 10.2 Å². The van der Waals surface area contributed by atoms with E-state index in [1.807, 2.05) is 6.92 Å². The van der Waals surface area contributed by atoms with Crippen LogP contribution in [0.1, 0.15) is 45.2 Å². The normalized spacial score (nSPS) is 23.8. The molecule has 0 saturated carbocycles. The van der Waals surface area contributed by atoms with Crippen molar-refractivity contribution in [1.29, 1.82) is 0 Å². The number of aryl methyl sites for hydroxylation is 1. The van der Waals surface area contributed by atoms with Gasteiger partial charge in [-0.1, -0.05) is 6.92 Å². The average molecular weight is 426 g/mol. The van der Waals surface area contributed by atoms with Gasteiger partial charge in [0.25, 0.3) is 0 Å². The van der Waals surface area contributed by atoms with Crippen molar-refractivity contribution in [2.45, 2.75) is 57.4 Å². The Hall–Kier alpha value is -1.45. The number of nitrogens with one attached hydrogen (secondary N) is 1. The molecule has 3 rings (SSSR count). The van der Waals surface area contributed by atoms with Crippen molar-refractivity contribution in [1.82, 2.24) is 24.3 Å². The van der Waals surface area contributed by atoms with Gasteiger partial charge in [0.2, 0.25) is 15.9 Å². The molecule has 2 aliphatic heterocycles. The van der Waals surface area contributed by atoms with E-state index in [0.29, 0.717) is 18.7 Å². The molecule has 1 N–H and O–H groups in total. The largest absolute Gasteiger partial charge is 0.352 e. The first-order chi connectivity index (χ1) is 13.7. The van der Waals surface area contributed by atoms with Crippen LogP contribution in [0.25, 0.3) is 0 Å². The molecule has 1 aromatic heterocycles. The minimum atomic E-state index is -3.63. The summed E-state index contributed by atoms with van der Waals surface area (Å²) in [6.07, 6.45) is 5.23. The Labute approximate surface area is 174 Å². The number of amides is 1. The zero-order valence-corrected chi connectivity index (χ0v) is 18.9. The van der Waals surface area contributed by atoms with Crippen molar-refractivity contribution in [3.05, 3.63) is 11.9 Å². The molecular weight excluding hydrogens is 390 g/mol. The summed E-state index contributed by atoms with van der Waals surface area (Å²) in [5, 5.41) is 7.17. The van der Waals surface area contributed by atoms with Crippen LogP contribution < -0.4 is 5.32 Å². The van der Waals surface area contributed by atoms with Gasteiger partial charge in [0.05, 0.1) is 17.8 Å². The van der Waals surface area contributed by atoms with E-state index >= 15 is 0 Å².